The molecule has 0 aromatic heterocycles. The first-order valence-electron chi connectivity index (χ1n) is 6.35. The van der Waals surface area contributed by atoms with Crippen molar-refractivity contribution in [3.63, 3.8) is 0 Å². The monoisotopic (exact) mass is 293 g/mol. The highest BCUT2D eigenvalue weighted by Gasteiger charge is 2.24. The lowest BCUT2D eigenvalue weighted by Crippen LogP contribution is -2.48. The number of urea groups is 1. The van der Waals surface area contributed by atoms with E-state index in [1.165, 1.54) is 11.9 Å². The molecule has 0 fully saturated rings. The number of rotatable bonds is 5. The van der Waals surface area contributed by atoms with Gasteiger partial charge >= 0.3 is 12.0 Å². The van der Waals surface area contributed by atoms with Crippen LogP contribution >= 0.6 is 0 Å². The van der Waals surface area contributed by atoms with Gasteiger partial charge in [-0.05, 0) is 25.5 Å². The number of carboxylic acids is 1. The van der Waals surface area contributed by atoms with Gasteiger partial charge in [-0.25, -0.2) is 9.59 Å². The second kappa shape index (κ2) is 6.74. The lowest BCUT2D eigenvalue weighted by atomic mass is 10.1. The molecule has 114 valence electrons. The zero-order valence-electron chi connectivity index (χ0n) is 12.2. The van der Waals surface area contributed by atoms with Crippen LogP contribution < -0.4 is 16.0 Å². The maximum Gasteiger partial charge on any atom is 0.326 e. The number of primary amides is 1. The van der Waals surface area contributed by atoms with E-state index < -0.39 is 30.4 Å². The molecule has 3 amide bonds. The molecule has 21 heavy (non-hydrogen) atoms. The molecule has 0 saturated heterocycles. The molecule has 1 aromatic carbocycles. The summed E-state index contributed by atoms with van der Waals surface area (Å²) >= 11 is 0. The second-order valence-corrected chi connectivity index (χ2v) is 4.86. The third kappa shape index (κ3) is 4.48. The number of hydrogen-bond acceptors (Lipinski definition) is 3. The average Bonchev–Trinajstić information content (AvgIpc) is 2.36. The highest BCUT2D eigenvalue weighted by molar-refractivity contribution is 5.95. The first-order chi connectivity index (χ1) is 9.72. The van der Waals surface area contributed by atoms with Gasteiger partial charge in [0.05, 0.1) is 6.42 Å². The van der Waals surface area contributed by atoms with Crippen LogP contribution in [0.5, 0.6) is 0 Å². The molecule has 4 N–H and O–H groups in total. The first-order valence-corrected chi connectivity index (χ1v) is 6.35. The molecule has 0 radical (unpaired) electrons. The van der Waals surface area contributed by atoms with Gasteiger partial charge in [0, 0.05) is 12.7 Å². The fourth-order valence-corrected chi connectivity index (χ4v) is 1.94. The number of carbonyl (C=O) groups excluding carboxylic acids is 2. The van der Waals surface area contributed by atoms with Gasteiger partial charge in [-0.3, -0.25) is 9.69 Å². The van der Waals surface area contributed by atoms with Crippen molar-refractivity contribution in [3.8, 4) is 0 Å². The van der Waals surface area contributed by atoms with Crippen LogP contribution in [0.15, 0.2) is 18.2 Å². The number of aliphatic carboxylic acids is 1. The van der Waals surface area contributed by atoms with E-state index in [1.54, 1.807) is 6.07 Å². The second-order valence-electron chi connectivity index (χ2n) is 4.86. The molecule has 7 nitrogen and oxygen atoms in total. The van der Waals surface area contributed by atoms with Crippen LogP contribution in [-0.2, 0) is 9.59 Å². The van der Waals surface area contributed by atoms with E-state index in [9.17, 15) is 14.4 Å². The summed E-state index contributed by atoms with van der Waals surface area (Å²) in [6, 6.07) is 3.58. The van der Waals surface area contributed by atoms with Crippen LogP contribution in [0.3, 0.4) is 0 Å². The molecule has 1 unspecified atom stereocenters. The van der Waals surface area contributed by atoms with Crippen LogP contribution in [0, 0.1) is 13.8 Å². The number of nitrogens with two attached hydrogens (primary N) is 1. The highest BCUT2D eigenvalue weighted by Crippen LogP contribution is 2.20. The van der Waals surface area contributed by atoms with E-state index >= 15 is 0 Å². The summed E-state index contributed by atoms with van der Waals surface area (Å²) < 4.78 is 0. The Balaban J connectivity index is 2.86. The summed E-state index contributed by atoms with van der Waals surface area (Å²) in [7, 11) is 1.52. The molecule has 0 spiro atoms. The third-order valence-corrected chi connectivity index (χ3v) is 3.02. The SMILES string of the molecule is Cc1ccc(N(C)C(=O)NC(CC(N)=O)C(=O)O)c(C)c1. The number of amides is 3. The molecule has 0 saturated carbocycles. The van der Waals surface area contributed by atoms with E-state index in [1.807, 2.05) is 26.0 Å². The molecular weight excluding hydrogens is 274 g/mol. The Morgan fingerprint density at radius 1 is 1.33 bits per heavy atom. The summed E-state index contributed by atoms with van der Waals surface area (Å²) in [4.78, 5) is 35.2. The van der Waals surface area contributed by atoms with Crippen molar-refractivity contribution < 1.29 is 19.5 Å². The number of nitrogens with one attached hydrogen (secondary N) is 1. The number of hydrogen-bond donors (Lipinski definition) is 3. The molecule has 1 rings (SSSR count). The Kier molecular flexibility index (Phi) is 5.29. The minimum absolute atomic E-state index is 0.457. The summed E-state index contributed by atoms with van der Waals surface area (Å²) in [6.07, 6.45) is -0.457. The lowest BCUT2D eigenvalue weighted by molar-refractivity contribution is -0.140. The predicted octanol–water partition coefficient (Wildman–Crippen LogP) is 0.778. The number of benzene rings is 1. The summed E-state index contributed by atoms with van der Waals surface area (Å²) in [5.41, 5.74) is 7.56. The Hall–Kier alpha value is -2.57. The van der Waals surface area contributed by atoms with E-state index in [0.717, 1.165) is 11.1 Å². The first kappa shape index (κ1) is 16.5. The largest absolute Gasteiger partial charge is 0.480 e. The van der Waals surface area contributed by atoms with Gasteiger partial charge in [0.1, 0.15) is 6.04 Å². The minimum atomic E-state index is -1.34. The predicted molar refractivity (Wildman–Crippen MR) is 78.1 cm³/mol. The Morgan fingerprint density at radius 2 is 1.95 bits per heavy atom. The van der Waals surface area contributed by atoms with Gasteiger partial charge in [0.2, 0.25) is 5.91 Å². The zero-order chi connectivity index (χ0) is 16.2. The lowest BCUT2D eigenvalue weighted by Gasteiger charge is -2.22. The van der Waals surface area contributed by atoms with Crippen LogP contribution in [0.4, 0.5) is 10.5 Å². The molecule has 0 aliphatic rings. The van der Waals surface area contributed by atoms with Crippen LogP contribution in [-0.4, -0.2) is 36.1 Å². The summed E-state index contributed by atoms with van der Waals surface area (Å²) in [5, 5.41) is 11.2. The molecule has 1 aromatic rings. The summed E-state index contributed by atoms with van der Waals surface area (Å²) in [5.74, 6) is -2.10. The molecule has 0 bridgehead atoms. The van der Waals surface area contributed by atoms with Crippen molar-refractivity contribution in [1.29, 1.82) is 0 Å². The third-order valence-electron chi connectivity index (χ3n) is 3.02. The fourth-order valence-electron chi connectivity index (χ4n) is 1.94. The molecular formula is C14H19N3O4. The fraction of sp³-hybridized carbons (Fsp3) is 0.357. The van der Waals surface area contributed by atoms with Crippen molar-refractivity contribution in [2.24, 2.45) is 5.73 Å². The van der Waals surface area contributed by atoms with E-state index in [4.69, 9.17) is 10.8 Å². The number of aryl methyl sites for hydroxylation is 2. The molecule has 0 aliphatic heterocycles. The molecule has 1 atom stereocenters. The average molecular weight is 293 g/mol. The number of anilines is 1. The minimum Gasteiger partial charge on any atom is -0.480 e. The molecule has 7 heteroatoms. The van der Waals surface area contributed by atoms with Gasteiger partial charge in [0.25, 0.3) is 0 Å². The smallest absolute Gasteiger partial charge is 0.326 e. The van der Waals surface area contributed by atoms with Crippen LogP contribution in [0.1, 0.15) is 17.5 Å². The zero-order valence-corrected chi connectivity index (χ0v) is 12.2. The highest BCUT2D eigenvalue weighted by atomic mass is 16.4. The van der Waals surface area contributed by atoms with Gasteiger partial charge in [-0.15, -0.1) is 0 Å². The van der Waals surface area contributed by atoms with E-state index in [-0.39, 0.29) is 0 Å². The standard InChI is InChI=1S/C14H19N3O4/c1-8-4-5-11(9(2)6-8)17(3)14(21)16-10(13(19)20)7-12(15)18/h4-6,10H,7H2,1-3H3,(H2,15,18)(H,16,21)(H,19,20). The maximum atomic E-state index is 12.1. The van der Waals surface area contributed by atoms with Gasteiger partial charge in [-0.1, -0.05) is 17.7 Å². The molecule has 0 aliphatic carbocycles. The normalized spacial score (nSPS) is 11.6. The van der Waals surface area contributed by atoms with Gasteiger partial charge in [-0.2, -0.15) is 0 Å². The van der Waals surface area contributed by atoms with Crippen molar-refractivity contribution in [1.82, 2.24) is 5.32 Å². The van der Waals surface area contributed by atoms with Crippen LogP contribution in [0.2, 0.25) is 0 Å². The van der Waals surface area contributed by atoms with E-state index in [2.05, 4.69) is 5.32 Å². The van der Waals surface area contributed by atoms with Crippen molar-refractivity contribution in [3.05, 3.63) is 29.3 Å². The molecule has 0 heterocycles. The maximum absolute atomic E-state index is 12.1. The Morgan fingerprint density at radius 3 is 2.43 bits per heavy atom. The van der Waals surface area contributed by atoms with Crippen molar-refractivity contribution in [2.45, 2.75) is 26.3 Å². The van der Waals surface area contributed by atoms with Crippen molar-refractivity contribution in [2.75, 3.05) is 11.9 Å². The summed E-state index contributed by atoms with van der Waals surface area (Å²) in [6.45, 7) is 3.79. The van der Waals surface area contributed by atoms with Gasteiger partial charge in [0.15, 0.2) is 0 Å². The van der Waals surface area contributed by atoms with Crippen LogP contribution in [0.25, 0.3) is 0 Å². The number of nitrogens with zero attached hydrogens (tertiary/aromatic N) is 1. The van der Waals surface area contributed by atoms with Gasteiger partial charge < -0.3 is 16.2 Å². The van der Waals surface area contributed by atoms with E-state index in [0.29, 0.717) is 5.69 Å². The van der Waals surface area contributed by atoms with Crippen molar-refractivity contribution >= 4 is 23.6 Å². The topological polar surface area (TPSA) is 113 Å². The Labute approximate surface area is 122 Å². The Bertz CT molecular complexity index is 571. The number of carboxylic acid groups (broad SMARTS) is 1. The number of carbonyl (C=O) groups is 3. The quantitative estimate of drug-likeness (QED) is 0.744.